The van der Waals surface area contributed by atoms with E-state index < -0.39 is 23.6 Å². The van der Waals surface area contributed by atoms with Crippen molar-refractivity contribution in [3.05, 3.63) is 28.8 Å². The van der Waals surface area contributed by atoms with Crippen LogP contribution in [0.25, 0.3) is 0 Å². The number of rotatable bonds is 6. The predicted molar refractivity (Wildman–Crippen MR) is 77.4 cm³/mol. The summed E-state index contributed by atoms with van der Waals surface area (Å²) in [4.78, 5) is 37.9. The van der Waals surface area contributed by atoms with E-state index in [2.05, 4.69) is 4.99 Å². The van der Waals surface area contributed by atoms with Crippen LogP contribution < -0.4 is 0 Å². The Morgan fingerprint density at radius 3 is 2.62 bits per heavy atom. The second-order valence-corrected chi connectivity index (χ2v) is 4.44. The summed E-state index contributed by atoms with van der Waals surface area (Å²) >= 11 is 5.91. The van der Waals surface area contributed by atoms with Gasteiger partial charge in [-0.25, -0.2) is 4.79 Å². The van der Waals surface area contributed by atoms with E-state index in [0.717, 1.165) is 6.21 Å². The number of hydrogen-bond donors (Lipinski definition) is 1. The lowest BCUT2D eigenvalue weighted by Crippen LogP contribution is -2.25. The van der Waals surface area contributed by atoms with Gasteiger partial charge in [-0.3, -0.25) is 14.6 Å². The normalized spacial score (nSPS) is 12.1. The van der Waals surface area contributed by atoms with E-state index in [4.69, 9.17) is 21.4 Å². The molecule has 1 unspecified atom stereocenters. The first kappa shape index (κ1) is 16.8. The molecule has 0 aliphatic carbocycles. The number of ketones is 1. The molecule has 0 aliphatic rings. The quantitative estimate of drug-likeness (QED) is 0.495. The van der Waals surface area contributed by atoms with Gasteiger partial charge in [-0.15, -0.1) is 0 Å². The molecule has 1 atom stereocenters. The van der Waals surface area contributed by atoms with Gasteiger partial charge >= 0.3 is 11.9 Å². The largest absolute Gasteiger partial charge is 0.478 e. The van der Waals surface area contributed by atoms with Crippen LogP contribution in [0.1, 0.15) is 24.2 Å². The fourth-order valence-electron chi connectivity index (χ4n) is 1.50. The fraction of sp³-hybridized carbons (Fsp3) is 0.286. The van der Waals surface area contributed by atoms with Crippen LogP contribution in [-0.2, 0) is 14.3 Å². The van der Waals surface area contributed by atoms with E-state index >= 15 is 0 Å². The molecule has 7 heteroatoms. The smallest absolute Gasteiger partial charge is 0.337 e. The highest BCUT2D eigenvalue weighted by molar-refractivity contribution is 6.36. The van der Waals surface area contributed by atoms with Crippen molar-refractivity contribution in [3.63, 3.8) is 0 Å². The molecule has 0 bridgehead atoms. The summed E-state index contributed by atoms with van der Waals surface area (Å²) in [6.45, 7) is 3.01. The Labute approximate surface area is 126 Å². The minimum atomic E-state index is -1.19. The maximum atomic E-state index is 11.6. The van der Waals surface area contributed by atoms with Crippen molar-refractivity contribution in [2.75, 3.05) is 6.61 Å². The maximum Gasteiger partial charge on any atom is 0.337 e. The van der Waals surface area contributed by atoms with Crippen LogP contribution in [0.4, 0.5) is 5.69 Å². The molecule has 0 amide bonds. The number of carboxylic acid groups (broad SMARTS) is 1. The van der Waals surface area contributed by atoms with E-state index in [-0.39, 0.29) is 22.9 Å². The van der Waals surface area contributed by atoms with Gasteiger partial charge in [0.15, 0.2) is 5.92 Å². The third-order valence-electron chi connectivity index (χ3n) is 2.55. The predicted octanol–water partition coefficient (Wildman–Crippen LogP) is 2.51. The Morgan fingerprint density at radius 2 is 2.10 bits per heavy atom. The van der Waals surface area contributed by atoms with Gasteiger partial charge in [0.05, 0.1) is 22.9 Å². The third kappa shape index (κ3) is 4.39. The summed E-state index contributed by atoms with van der Waals surface area (Å²) in [6, 6.07) is 4.28. The Balaban J connectivity index is 3.07. The van der Waals surface area contributed by atoms with E-state index in [0.29, 0.717) is 0 Å². The first-order valence-electron chi connectivity index (χ1n) is 6.11. The molecule has 0 saturated heterocycles. The second kappa shape index (κ2) is 7.54. The van der Waals surface area contributed by atoms with Gasteiger partial charge in [-0.2, -0.15) is 0 Å². The van der Waals surface area contributed by atoms with Gasteiger partial charge in [-0.05, 0) is 26.0 Å². The summed E-state index contributed by atoms with van der Waals surface area (Å²) in [6.07, 6.45) is 1.10. The number of nitrogens with zero attached hydrogens (tertiary/aromatic N) is 1. The number of aliphatic imine (C=N–C) groups is 1. The topological polar surface area (TPSA) is 93.0 Å². The number of esters is 1. The molecule has 1 aromatic carbocycles. The number of aromatic carboxylic acids is 1. The molecule has 1 rings (SSSR count). The molecule has 0 saturated carbocycles. The molecule has 112 valence electrons. The highest BCUT2D eigenvalue weighted by atomic mass is 35.5. The number of benzene rings is 1. The molecule has 0 fully saturated rings. The first-order valence-corrected chi connectivity index (χ1v) is 6.49. The Hall–Kier alpha value is -2.21. The lowest BCUT2D eigenvalue weighted by molar-refractivity contribution is -0.148. The molecule has 0 heterocycles. The Morgan fingerprint density at radius 1 is 1.43 bits per heavy atom. The van der Waals surface area contributed by atoms with Gasteiger partial charge in [0.25, 0.3) is 0 Å². The van der Waals surface area contributed by atoms with Crippen molar-refractivity contribution in [3.8, 4) is 0 Å². The number of carbonyl (C=O) groups excluding carboxylic acids is 2. The maximum absolute atomic E-state index is 11.6. The second-order valence-electron chi connectivity index (χ2n) is 4.06. The first-order chi connectivity index (χ1) is 9.88. The van der Waals surface area contributed by atoms with Crippen LogP contribution >= 0.6 is 11.6 Å². The summed E-state index contributed by atoms with van der Waals surface area (Å²) in [5, 5.41) is 8.89. The van der Waals surface area contributed by atoms with Gasteiger partial charge < -0.3 is 9.84 Å². The Bertz CT molecular complexity index is 597. The molecular weight excluding hydrogens is 298 g/mol. The fourth-order valence-corrected chi connectivity index (χ4v) is 1.76. The van der Waals surface area contributed by atoms with E-state index in [1.54, 1.807) is 6.92 Å². The van der Waals surface area contributed by atoms with Crippen molar-refractivity contribution >= 4 is 41.2 Å². The van der Waals surface area contributed by atoms with Crippen molar-refractivity contribution in [1.29, 1.82) is 0 Å². The average Bonchev–Trinajstić information content (AvgIpc) is 2.40. The van der Waals surface area contributed by atoms with E-state index in [9.17, 15) is 14.4 Å². The average molecular weight is 312 g/mol. The van der Waals surface area contributed by atoms with Crippen LogP contribution in [-0.4, -0.2) is 35.6 Å². The standard InChI is InChI=1S/C14H14ClNO5/c1-3-21-14(20)10(8(2)17)7-16-11-6-4-5-9(12(11)15)13(18)19/h4-7,10H,3H2,1-2H3,(H,18,19). The number of Topliss-reactive ketones (excluding diaryl/α,β-unsaturated/α-hetero) is 1. The molecule has 0 aromatic heterocycles. The molecule has 6 nitrogen and oxygen atoms in total. The monoisotopic (exact) mass is 311 g/mol. The highest BCUT2D eigenvalue weighted by Crippen LogP contribution is 2.28. The molecule has 0 aliphatic heterocycles. The minimum Gasteiger partial charge on any atom is -0.478 e. The third-order valence-corrected chi connectivity index (χ3v) is 2.95. The SMILES string of the molecule is CCOC(=O)C(C=Nc1cccc(C(=O)O)c1Cl)C(C)=O. The van der Waals surface area contributed by atoms with Crippen LogP contribution in [0.3, 0.4) is 0 Å². The van der Waals surface area contributed by atoms with Crippen molar-refractivity contribution < 1.29 is 24.2 Å². The van der Waals surface area contributed by atoms with Crippen LogP contribution in [0, 0.1) is 5.92 Å². The van der Waals surface area contributed by atoms with Gasteiger partial charge in [0.1, 0.15) is 5.78 Å². The number of carbonyl (C=O) groups is 3. The number of ether oxygens (including phenoxy) is 1. The molecule has 1 aromatic rings. The summed E-state index contributed by atoms with van der Waals surface area (Å²) < 4.78 is 4.77. The zero-order valence-corrected chi connectivity index (χ0v) is 12.3. The summed E-state index contributed by atoms with van der Waals surface area (Å²) in [7, 11) is 0. The van der Waals surface area contributed by atoms with E-state index in [1.165, 1.54) is 25.1 Å². The van der Waals surface area contributed by atoms with Crippen LogP contribution in [0.5, 0.6) is 0 Å². The highest BCUT2D eigenvalue weighted by Gasteiger charge is 2.22. The summed E-state index contributed by atoms with van der Waals surface area (Å²) in [5.41, 5.74) is 0.0499. The number of hydrogen-bond acceptors (Lipinski definition) is 5. The number of carboxylic acids is 1. The molecule has 0 spiro atoms. The lowest BCUT2D eigenvalue weighted by Gasteiger charge is -2.08. The van der Waals surface area contributed by atoms with Crippen LogP contribution in [0.2, 0.25) is 5.02 Å². The van der Waals surface area contributed by atoms with Gasteiger partial charge in [0, 0.05) is 6.21 Å². The molecule has 1 N–H and O–H groups in total. The van der Waals surface area contributed by atoms with Crippen molar-refractivity contribution in [1.82, 2.24) is 0 Å². The van der Waals surface area contributed by atoms with Crippen LogP contribution in [0.15, 0.2) is 23.2 Å². The molecule has 21 heavy (non-hydrogen) atoms. The Kier molecular flexibility index (Phi) is 6.05. The van der Waals surface area contributed by atoms with Crippen molar-refractivity contribution in [2.24, 2.45) is 10.9 Å². The lowest BCUT2D eigenvalue weighted by atomic mass is 10.1. The summed E-state index contributed by atoms with van der Waals surface area (Å²) in [5.74, 6) is -3.47. The zero-order valence-electron chi connectivity index (χ0n) is 11.5. The molecule has 0 radical (unpaired) electrons. The van der Waals surface area contributed by atoms with E-state index in [1.807, 2.05) is 0 Å². The zero-order chi connectivity index (χ0) is 16.0. The van der Waals surface area contributed by atoms with Crippen molar-refractivity contribution in [2.45, 2.75) is 13.8 Å². The molecular formula is C14H14ClNO5. The van der Waals surface area contributed by atoms with Gasteiger partial charge in [0.2, 0.25) is 0 Å². The minimum absolute atomic E-state index is 0.0626. The number of halogens is 1. The van der Waals surface area contributed by atoms with Gasteiger partial charge in [-0.1, -0.05) is 17.7 Å².